The van der Waals surface area contributed by atoms with Gasteiger partial charge in [-0.15, -0.1) is 12.4 Å². The predicted octanol–water partition coefficient (Wildman–Crippen LogP) is 1.49. The van der Waals surface area contributed by atoms with Gasteiger partial charge in [-0.1, -0.05) is 30.3 Å². The molecular formula is C9H14ClNO. The van der Waals surface area contributed by atoms with E-state index < -0.39 is 6.10 Å². The molecule has 2 atom stereocenters. The highest BCUT2D eigenvalue weighted by molar-refractivity contribution is 5.85. The van der Waals surface area contributed by atoms with Crippen molar-refractivity contribution in [3.63, 3.8) is 0 Å². The summed E-state index contributed by atoms with van der Waals surface area (Å²) in [6, 6.07) is 9.32. The first-order chi connectivity index (χ1) is 5.22. The average molecular weight is 188 g/mol. The number of nitrogens with two attached hydrogens (primary N) is 1. The Kier molecular flexibility index (Phi) is 4.90. The first-order valence-electron chi connectivity index (χ1n) is 3.70. The third kappa shape index (κ3) is 2.81. The molecule has 68 valence electrons. The Morgan fingerprint density at radius 3 is 2.17 bits per heavy atom. The second-order valence-corrected chi connectivity index (χ2v) is 2.68. The first-order valence-corrected chi connectivity index (χ1v) is 3.70. The Morgan fingerprint density at radius 1 is 1.25 bits per heavy atom. The Labute approximate surface area is 78.8 Å². The predicted molar refractivity (Wildman–Crippen MR) is 52.3 cm³/mol. The number of aliphatic hydroxyl groups excluding tert-OH is 1. The van der Waals surface area contributed by atoms with E-state index in [0.717, 1.165) is 5.56 Å². The lowest BCUT2D eigenvalue weighted by atomic mass is 10.0. The highest BCUT2D eigenvalue weighted by atomic mass is 35.5. The van der Waals surface area contributed by atoms with Crippen LogP contribution in [0.3, 0.4) is 0 Å². The van der Waals surface area contributed by atoms with E-state index in [1.807, 2.05) is 30.3 Å². The van der Waals surface area contributed by atoms with Gasteiger partial charge < -0.3 is 10.8 Å². The van der Waals surface area contributed by atoms with Gasteiger partial charge in [0, 0.05) is 0 Å². The quantitative estimate of drug-likeness (QED) is 0.737. The van der Waals surface area contributed by atoms with Crippen LogP contribution in [0.2, 0.25) is 0 Å². The molecular weight excluding hydrogens is 174 g/mol. The van der Waals surface area contributed by atoms with Crippen LogP contribution in [0.5, 0.6) is 0 Å². The molecule has 0 saturated heterocycles. The standard InChI is InChI=1S/C9H13NO.ClH/c1-7(11)9(10)8-5-3-2-4-6-8;/h2-7,9,11H,10H2,1H3;1H. The van der Waals surface area contributed by atoms with Crippen molar-refractivity contribution in [1.29, 1.82) is 0 Å². The molecule has 0 aliphatic rings. The van der Waals surface area contributed by atoms with Gasteiger partial charge in [-0.05, 0) is 12.5 Å². The fourth-order valence-corrected chi connectivity index (χ4v) is 0.954. The summed E-state index contributed by atoms with van der Waals surface area (Å²) in [6.07, 6.45) is -0.489. The normalized spacial score (nSPS) is 14.6. The molecule has 2 unspecified atom stereocenters. The molecule has 0 aliphatic carbocycles. The highest BCUT2D eigenvalue weighted by Crippen LogP contribution is 2.12. The molecule has 0 aliphatic heterocycles. The second-order valence-electron chi connectivity index (χ2n) is 2.68. The maximum absolute atomic E-state index is 9.15. The molecule has 0 spiro atoms. The molecule has 0 saturated carbocycles. The minimum absolute atomic E-state index is 0. The van der Waals surface area contributed by atoms with Gasteiger partial charge in [-0.25, -0.2) is 0 Å². The van der Waals surface area contributed by atoms with Crippen LogP contribution in [0.25, 0.3) is 0 Å². The monoisotopic (exact) mass is 187 g/mol. The Morgan fingerprint density at radius 2 is 1.75 bits per heavy atom. The molecule has 0 bridgehead atoms. The summed E-state index contributed by atoms with van der Waals surface area (Å²) in [4.78, 5) is 0. The number of benzene rings is 1. The summed E-state index contributed by atoms with van der Waals surface area (Å²) in [5, 5.41) is 9.15. The van der Waals surface area contributed by atoms with Crippen LogP contribution in [-0.4, -0.2) is 11.2 Å². The lowest BCUT2D eigenvalue weighted by molar-refractivity contribution is 0.164. The zero-order chi connectivity index (χ0) is 8.27. The van der Waals surface area contributed by atoms with E-state index >= 15 is 0 Å². The Bertz CT molecular complexity index is 213. The van der Waals surface area contributed by atoms with Gasteiger partial charge in [0.1, 0.15) is 0 Å². The van der Waals surface area contributed by atoms with Crippen molar-refractivity contribution in [2.24, 2.45) is 5.73 Å². The molecule has 0 radical (unpaired) electrons. The lowest BCUT2D eigenvalue weighted by Crippen LogP contribution is -2.22. The minimum Gasteiger partial charge on any atom is -0.391 e. The average Bonchev–Trinajstić information content (AvgIpc) is 2.05. The molecule has 1 aromatic rings. The largest absolute Gasteiger partial charge is 0.391 e. The van der Waals surface area contributed by atoms with E-state index in [1.165, 1.54) is 0 Å². The molecule has 1 rings (SSSR count). The van der Waals surface area contributed by atoms with Crippen LogP contribution in [-0.2, 0) is 0 Å². The molecule has 3 N–H and O–H groups in total. The van der Waals surface area contributed by atoms with Crippen LogP contribution < -0.4 is 5.73 Å². The van der Waals surface area contributed by atoms with E-state index in [9.17, 15) is 0 Å². The molecule has 0 fully saturated rings. The highest BCUT2D eigenvalue weighted by Gasteiger charge is 2.09. The number of hydrogen-bond donors (Lipinski definition) is 2. The van der Waals surface area contributed by atoms with E-state index in [0.29, 0.717) is 0 Å². The van der Waals surface area contributed by atoms with Crippen LogP contribution in [0.1, 0.15) is 18.5 Å². The van der Waals surface area contributed by atoms with Gasteiger partial charge in [0.25, 0.3) is 0 Å². The molecule has 0 aromatic heterocycles. The third-order valence-corrected chi connectivity index (χ3v) is 1.70. The fourth-order valence-electron chi connectivity index (χ4n) is 0.954. The Hall–Kier alpha value is -0.570. The topological polar surface area (TPSA) is 46.2 Å². The van der Waals surface area contributed by atoms with Gasteiger partial charge in [0.05, 0.1) is 12.1 Å². The maximum atomic E-state index is 9.15. The number of halogens is 1. The first kappa shape index (κ1) is 11.4. The van der Waals surface area contributed by atoms with E-state index in [4.69, 9.17) is 10.8 Å². The van der Waals surface area contributed by atoms with Crippen LogP contribution in [0, 0.1) is 0 Å². The number of rotatable bonds is 2. The minimum atomic E-state index is -0.489. The molecule has 0 amide bonds. The lowest BCUT2D eigenvalue weighted by Gasteiger charge is -2.14. The summed E-state index contributed by atoms with van der Waals surface area (Å²) in [7, 11) is 0. The van der Waals surface area contributed by atoms with Crippen LogP contribution in [0.4, 0.5) is 0 Å². The number of hydrogen-bond acceptors (Lipinski definition) is 2. The van der Waals surface area contributed by atoms with E-state index in [-0.39, 0.29) is 18.4 Å². The van der Waals surface area contributed by atoms with Crippen molar-refractivity contribution in [3.8, 4) is 0 Å². The Balaban J connectivity index is 0.00000121. The van der Waals surface area contributed by atoms with Gasteiger partial charge in [-0.3, -0.25) is 0 Å². The molecule has 3 heteroatoms. The molecule has 1 aromatic carbocycles. The van der Waals surface area contributed by atoms with E-state index in [2.05, 4.69) is 0 Å². The van der Waals surface area contributed by atoms with Gasteiger partial charge in [-0.2, -0.15) is 0 Å². The fraction of sp³-hybridized carbons (Fsp3) is 0.333. The summed E-state index contributed by atoms with van der Waals surface area (Å²) < 4.78 is 0. The zero-order valence-electron chi connectivity index (χ0n) is 6.97. The van der Waals surface area contributed by atoms with Gasteiger partial charge in [0.2, 0.25) is 0 Å². The summed E-state index contributed by atoms with van der Waals surface area (Å²) in [5.41, 5.74) is 6.66. The zero-order valence-corrected chi connectivity index (χ0v) is 7.79. The molecule has 2 nitrogen and oxygen atoms in total. The van der Waals surface area contributed by atoms with Crippen molar-refractivity contribution < 1.29 is 5.11 Å². The SMILES string of the molecule is CC(O)C(N)c1ccccc1.Cl. The van der Waals surface area contributed by atoms with Crippen molar-refractivity contribution >= 4 is 12.4 Å². The second kappa shape index (κ2) is 5.14. The van der Waals surface area contributed by atoms with Crippen LogP contribution >= 0.6 is 12.4 Å². The maximum Gasteiger partial charge on any atom is 0.0704 e. The summed E-state index contributed by atoms with van der Waals surface area (Å²) in [5.74, 6) is 0. The van der Waals surface area contributed by atoms with Crippen molar-refractivity contribution in [2.75, 3.05) is 0 Å². The summed E-state index contributed by atoms with van der Waals surface area (Å²) >= 11 is 0. The van der Waals surface area contributed by atoms with Gasteiger partial charge in [0.15, 0.2) is 0 Å². The third-order valence-electron chi connectivity index (χ3n) is 1.70. The molecule has 0 heterocycles. The van der Waals surface area contributed by atoms with Crippen LogP contribution in [0.15, 0.2) is 30.3 Å². The van der Waals surface area contributed by atoms with Crippen molar-refractivity contribution in [1.82, 2.24) is 0 Å². The van der Waals surface area contributed by atoms with Crippen molar-refractivity contribution in [2.45, 2.75) is 19.1 Å². The number of aliphatic hydroxyl groups is 1. The molecule has 12 heavy (non-hydrogen) atoms. The summed E-state index contributed by atoms with van der Waals surface area (Å²) in [6.45, 7) is 1.69. The smallest absolute Gasteiger partial charge is 0.0704 e. The van der Waals surface area contributed by atoms with E-state index in [1.54, 1.807) is 6.92 Å². The van der Waals surface area contributed by atoms with Crippen molar-refractivity contribution in [3.05, 3.63) is 35.9 Å². The van der Waals surface area contributed by atoms with Gasteiger partial charge >= 0.3 is 0 Å².